The molecule has 0 aliphatic heterocycles. The van der Waals surface area contributed by atoms with Crippen LogP contribution in [0.4, 0.5) is 0 Å². The van der Waals surface area contributed by atoms with E-state index in [1.165, 1.54) is 22.3 Å². The molecular weight excluding hydrogens is 484 g/mol. The van der Waals surface area contributed by atoms with Crippen molar-refractivity contribution in [2.24, 2.45) is 5.41 Å². The second kappa shape index (κ2) is 12.6. The monoisotopic (exact) mass is 530 g/mol. The van der Waals surface area contributed by atoms with Gasteiger partial charge in [-0.3, -0.25) is 4.79 Å². The lowest BCUT2D eigenvalue weighted by molar-refractivity contribution is -0.136. The summed E-state index contributed by atoms with van der Waals surface area (Å²) < 4.78 is 24.5. The number of aliphatic hydroxyl groups excluding tert-OH is 1. The molecule has 0 radical (unpaired) electrons. The van der Waals surface area contributed by atoms with E-state index in [0.29, 0.717) is 6.42 Å². The van der Waals surface area contributed by atoms with E-state index in [1.54, 1.807) is 0 Å². The quantitative estimate of drug-likeness (QED) is 0.323. The molecule has 2 rings (SSSR count). The number of carboxylic acids is 1. The summed E-state index contributed by atoms with van der Waals surface area (Å²) in [6.45, 7) is 14.8. The predicted molar refractivity (Wildman–Crippen MR) is 152 cm³/mol. The first-order chi connectivity index (χ1) is 17.1. The van der Waals surface area contributed by atoms with Gasteiger partial charge in [0.15, 0.2) is 9.84 Å². The highest BCUT2D eigenvalue weighted by atomic mass is 32.2. The Kier molecular flexibility index (Phi) is 10.6. The number of benzene rings is 2. The fraction of sp³-hybridized carbons (Fsp3) is 0.581. The number of aliphatic hydroxyl groups is 1. The van der Waals surface area contributed by atoms with Crippen LogP contribution < -0.4 is 0 Å². The van der Waals surface area contributed by atoms with Crippen molar-refractivity contribution in [3.8, 4) is 0 Å². The number of aryl methyl sites for hydroxylation is 4. The summed E-state index contributed by atoms with van der Waals surface area (Å²) in [5, 5.41) is 19.3. The van der Waals surface area contributed by atoms with Crippen LogP contribution in [0.1, 0.15) is 93.7 Å². The Morgan fingerprint density at radius 2 is 1.35 bits per heavy atom. The topological polar surface area (TPSA) is 91.7 Å². The molecule has 0 aliphatic rings. The Morgan fingerprint density at radius 3 is 1.76 bits per heavy atom. The lowest BCUT2D eigenvalue weighted by atomic mass is 9.69. The van der Waals surface area contributed by atoms with E-state index in [2.05, 4.69) is 71.9 Å². The second-order valence-corrected chi connectivity index (χ2v) is 13.8. The summed E-state index contributed by atoms with van der Waals surface area (Å²) in [6.07, 6.45) is 3.15. The smallest absolute Gasteiger partial charge is 0.304 e. The number of aliphatic carboxylic acids is 1. The Labute approximate surface area is 224 Å². The molecule has 2 N–H and O–H groups in total. The van der Waals surface area contributed by atoms with Crippen molar-refractivity contribution in [1.29, 1.82) is 0 Å². The van der Waals surface area contributed by atoms with Crippen molar-refractivity contribution >= 4 is 15.8 Å². The summed E-state index contributed by atoms with van der Waals surface area (Å²) in [4.78, 5) is 10.7. The maximum Gasteiger partial charge on any atom is 0.304 e. The lowest BCUT2D eigenvalue weighted by Crippen LogP contribution is -2.27. The number of carbonyl (C=O) groups is 1. The van der Waals surface area contributed by atoms with E-state index in [0.717, 1.165) is 36.8 Å². The molecule has 2 aromatic carbocycles. The van der Waals surface area contributed by atoms with Gasteiger partial charge in [-0.25, -0.2) is 8.42 Å². The van der Waals surface area contributed by atoms with Gasteiger partial charge in [0, 0.05) is 5.41 Å². The fourth-order valence-electron chi connectivity index (χ4n) is 5.12. The van der Waals surface area contributed by atoms with E-state index in [1.807, 2.05) is 13.0 Å². The van der Waals surface area contributed by atoms with Crippen molar-refractivity contribution in [3.05, 3.63) is 69.8 Å². The molecule has 1 atom stereocenters. The van der Waals surface area contributed by atoms with Gasteiger partial charge in [0.05, 0.1) is 24.0 Å². The molecule has 0 heterocycles. The van der Waals surface area contributed by atoms with Crippen molar-refractivity contribution in [3.63, 3.8) is 0 Å². The van der Waals surface area contributed by atoms with E-state index >= 15 is 0 Å². The number of sulfone groups is 1. The van der Waals surface area contributed by atoms with Gasteiger partial charge < -0.3 is 10.2 Å². The summed E-state index contributed by atoms with van der Waals surface area (Å²) in [5.41, 5.74) is 6.77. The third-order valence-electron chi connectivity index (χ3n) is 7.99. The maximum atomic E-state index is 12.2. The van der Waals surface area contributed by atoms with Crippen LogP contribution in [0, 0.1) is 19.3 Å². The Morgan fingerprint density at radius 1 is 0.865 bits per heavy atom. The van der Waals surface area contributed by atoms with Gasteiger partial charge in [0.2, 0.25) is 0 Å². The molecule has 0 aliphatic carbocycles. The van der Waals surface area contributed by atoms with Gasteiger partial charge in [-0.1, -0.05) is 71.0 Å². The molecule has 0 amide bonds. The highest BCUT2D eigenvalue weighted by Crippen LogP contribution is 2.40. The highest BCUT2D eigenvalue weighted by molar-refractivity contribution is 7.91. The molecule has 206 valence electrons. The molecule has 2 aromatic rings. The molecule has 0 aromatic heterocycles. The summed E-state index contributed by atoms with van der Waals surface area (Å²) in [6, 6.07) is 13.1. The van der Waals surface area contributed by atoms with Gasteiger partial charge in [0.25, 0.3) is 0 Å². The number of hydrogen-bond acceptors (Lipinski definition) is 4. The molecule has 37 heavy (non-hydrogen) atoms. The Bertz CT molecular complexity index is 1170. The van der Waals surface area contributed by atoms with Gasteiger partial charge >= 0.3 is 5.97 Å². The van der Waals surface area contributed by atoms with Crippen LogP contribution in [0.2, 0.25) is 0 Å². The van der Waals surface area contributed by atoms with Crippen LogP contribution in [-0.2, 0) is 32.9 Å². The van der Waals surface area contributed by atoms with Crippen LogP contribution in [0.3, 0.4) is 0 Å². The van der Waals surface area contributed by atoms with Crippen molar-refractivity contribution in [2.75, 3.05) is 11.5 Å². The van der Waals surface area contributed by atoms with E-state index < -0.39 is 15.8 Å². The van der Waals surface area contributed by atoms with Crippen LogP contribution in [-0.4, -0.2) is 42.2 Å². The average molecular weight is 531 g/mol. The van der Waals surface area contributed by atoms with Gasteiger partial charge in [0.1, 0.15) is 0 Å². The largest absolute Gasteiger partial charge is 0.481 e. The minimum absolute atomic E-state index is 0.0439. The van der Waals surface area contributed by atoms with Crippen molar-refractivity contribution < 1.29 is 23.4 Å². The second-order valence-electron chi connectivity index (χ2n) is 11.5. The predicted octanol–water partition coefficient (Wildman–Crippen LogP) is 6.18. The van der Waals surface area contributed by atoms with Crippen molar-refractivity contribution in [2.45, 2.75) is 98.5 Å². The van der Waals surface area contributed by atoms with Crippen LogP contribution in [0.5, 0.6) is 0 Å². The molecule has 0 saturated heterocycles. The van der Waals surface area contributed by atoms with E-state index in [4.69, 9.17) is 5.11 Å². The molecule has 0 fully saturated rings. The maximum absolute atomic E-state index is 12.2. The Balaban J connectivity index is 2.28. The molecule has 6 heteroatoms. The lowest BCUT2D eigenvalue weighted by Gasteiger charge is -2.34. The van der Waals surface area contributed by atoms with Gasteiger partial charge in [-0.2, -0.15) is 0 Å². The minimum atomic E-state index is -3.41. The number of rotatable bonds is 13. The SMILES string of the molecule is CCC(CC)(c1ccc(CCC(O)C(C)(C)C)c(C)c1)c1ccc(CCS(=O)(=O)CCC(=O)O)c(C)c1. The van der Waals surface area contributed by atoms with E-state index in [-0.39, 0.29) is 34.9 Å². The summed E-state index contributed by atoms with van der Waals surface area (Å²) in [7, 11) is -3.41. The average Bonchev–Trinajstić information content (AvgIpc) is 2.82. The first-order valence-corrected chi connectivity index (χ1v) is 15.3. The van der Waals surface area contributed by atoms with Crippen LogP contribution in [0.25, 0.3) is 0 Å². The standard InChI is InChI=1S/C31H46O5S/c1-8-31(9-2,26-13-10-24(22(3)20-26)12-15-28(32)30(5,6)7)27-14-11-25(23(4)21-27)16-18-37(35,36)19-17-29(33)34/h10-11,13-14,20-21,28,32H,8-9,12,15-19H2,1-7H3,(H,33,34). The highest BCUT2D eigenvalue weighted by Gasteiger charge is 2.31. The van der Waals surface area contributed by atoms with Gasteiger partial charge in [-0.15, -0.1) is 0 Å². The van der Waals surface area contributed by atoms with Crippen LogP contribution >= 0.6 is 0 Å². The zero-order valence-electron chi connectivity index (χ0n) is 23.7. The van der Waals surface area contributed by atoms with E-state index in [9.17, 15) is 18.3 Å². The summed E-state index contributed by atoms with van der Waals surface area (Å²) >= 11 is 0. The first-order valence-electron chi connectivity index (χ1n) is 13.5. The molecular formula is C31H46O5S. The number of carboxylic acid groups (broad SMARTS) is 1. The molecule has 0 spiro atoms. The Hall–Kier alpha value is -2.18. The third kappa shape index (κ3) is 8.15. The zero-order chi connectivity index (χ0) is 28.0. The zero-order valence-corrected chi connectivity index (χ0v) is 24.5. The normalized spacial score (nSPS) is 13.5. The molecule has 0 saturated carbocycles. The molecule has 0 bridgehead atoms. The first kappa shape index (κ1) is 31.0. The minimum Gasteiger partial charge on any atom is -0.481 e. The number of hydrogen-bond donors (Lipinski definition) is 2. The fourth-order valence-corrected chi connectivity index (χ4v) is 6.34. The van der Waals surface area contributed by atoms with Gasteiger partial charge in [-0.05, 0) is 84.7 Å². The summed E-state index contributed by atoms with van der Waals surface area (Å²) in [5.74, 6) is -1.46. The third-order valence-corrected chi connectivity index (χ3v) is 9.65. The van der Waals surface area contributed by atoms with Crippen LogP contribution in [0.15, 0.2) is 36.4 Å². The van der Waals surface area contributed by atoms with Crippen molar-refractivity contribution in [1.82, 2.24) is 0 Å². The molecule has 5 nitrogen and oxygen atoms in total. The molecule has 1 unspecified atom stereocenters.